The minimum Gasteiger partial charge on any atom is -0.377 e. The van der Waals surface area contributed by atoms with Gasteiger partial charge in [0.25, 0.3) is 0 Å². The molecule has 1 amide bonds. The van der Waals surface area contributed by atoms with E-state index in [9.17, 15) is 4.79 Å². The number of ether oxygens (including phenoxy) is 1. The molecule has 18 heavy (non-hydrogen) atoms. The number of hydrogen-bond donors (Lipinski definition) is 1. The molecule has 2 unspecified atom stereocenters. The Morgan fingerprint density at radius 3 is 3.06 bits per heavy atom. The fraction of sp³-hybridized carbons (Fsp3) is 0.538. The maximum Gasteiger partial charge on any atom is 0.230 e. The number of aromatic nitrogens is 1. The van der Waals surface area contributed by atoms with E-state index in [1.54, 1.807) is 0 Å². The third kappa shape index (κ3) is 2.90. The Hall–Kier alpha value is -0.940. The molecule has 0 bridgehead atoms. The predicted octanol–water partition coefficient (Wildman–Crippen LogP) is 2.91. The molecule has 1 aromatic heterocycles. The number of rotatable bonds is 3. The summed E-state index contributed by atoms with van der Waals surface area (Å²) < 4.78 is 6.31. The van der Waals surface area contributed by atoms with E-state index < -0.39 is 0 Å². The molecule has 2 rings (SSSR count). The van der Waals surface area contributed by atoms with Crippen molar-refractivity contribution in [2.24, 2.45) is 5.92 Å². The molecule has 0 saturated carbocycles. The van der Waals surface area contributed by atoms with Gasteiger partial charge in [0.05, 0.1) is 23.4 Å². The van der Waals surface area contributed by atoms with Gasteiger partial charge in [-0.05, 0) is 47.8 Å². The molecule has 1 aromatic rings. The van der Waals surface area contributed by atoms with Crippen LogP contribution in [-0.4, -0.2) is 23.6 Å². The zero-order valence-corrected chi connectivity index (χ0v) is 12.2. The molecule has 1 aliphatic rings. The highest BCUT2D eigenvalue weighted by molar-refractivity contribution is 9.10. The standard InChI is InChI=1S/C13H17BrN2O2/c1-3-11-9(6-7-18-11)13(17)16-10-4-5-12(14)15-8(10)2/h4-5,9,11H,3,6-7H2,1-2H3,(H,16,17). The van der Waals surface area contributed by atoms with Gasteiger partial charge in [0.2, 0.25) is 5.91 Å². The summed E-state index contributed by atoms with van der Waals surface area (Å²) in [4.78, 5) is 16.5. The highest BCUT2D eigenvalue weighted by Crippen LogP contribution is 2.25. The van der Waals surface area contributed by atoms with Crippen molar-refractivity contribution >= 4 is 27.5 Å². The number of pyridine rings is 1. The Balaban J connectivity index is 2.07. The number of halogens is 1. The molecule has 0 aromatic carbocycles. The first-order valence-corrected chi connectivity index (χ1v) is 6.96. The second-order valence-electron chi connectivity index (χ2n) is 4.47. The molecule has 1 N–H and O–H groups in total. The maximum atomic E-state index is 12.2. The predicted molar refractivity (Wildman–Crippen MR) is 73.4 cm³/mol. The van der Waals surface area contributed by atoms with Crippen molar-refractivity contribution in [3.05, 3.63) is 22.4 Å². The van der Waals surface area contributed by atoms with E-state index in [2.05, 4.69) is 26.2 Å². The van der Waals surface area contributed by atoms with E-state index in [-0.39, 0.29) is 17.9 Å². The molecule has 0 aliphatic carbocycles. The second-order valence-corrected chi connectivity index (χ2v) is 5.28. The molecule has 5 heteroatoms. The number of nitrogens with one attached hydrogen (secondary N) is 1. The average molecular weight is 313 g/mol. The van der Waals surface area contributed by atoms with Gasteiger partial charge in [0.15, 0.2) is 0 Å². The van der Waals surface area contributed by atoms with Crippen LogP contribution in [0.5, 0.6) is 0 Å². The molecule has 2 atom stereocenters. The van der Waals surface area contributed by atoms with Crippen LogP contribution in [0.3, 0.4) is 0 Å². The van der Waals surface area contributed by atoms with Crippen LogP contribution in [0, 0.1) is 12.8 Å². The van der Waals surface area contributed by atoms with Crippen LogP contribution in [-0.2, 0) is 9.53 Å². The van der Waals surface area contributed by atoms with Gasteiger partial charge in [-0.3, -0.25) is 4.79 Å². The van der Waals surface area contributed by atoms with E-state index in [1.165, 1.54) is 0 Å². The van der Waals surface area contributed by atoms with Gasteiger partial charge in [-0.1, -0.05) is 6.92 Å². The summed E-state index contributed by atoms with van der Waals surface area (Å²) in [5.74, 6) is -0.00961. The summed E-state index contributed by atoms with van der Waals surface area (Å²) in [6.07, 6.45) is 1.72. The fourth-order valence-corrected chi connectivity index (χ4v) is 2.64. The van der Waals surface area contributed by atoms with Crippen molar-refractivity contribution in [2.75, 3.05) is 11.9 Å². The average Bonchev–Trinajstić information content (AvgIpc) is 2.81. The van der Waals surface area contributed by atoms with Crippen molar-refractivity contribution in [3.63, 3.8) is 0 Å². The third-order valence-electron chi connectivity index (χ3n) is 3.26. The molecule has 4 nitrogen and oxygen atoms in total. The molecule has 0 radical (unpaired) electrons. The minimum absolute atomic E-state index is 0.0339. The molecule has 98 valence electrons. The number of carbonyl (C=O) groups excluding carboxylic acids is 1. The molecular weight excluding hydrogens is 296 g/mol. The number of aryl methyl sites for hydroxylation is 1. The number of carbonyl (C=O) groups is 1. The summed E-state index contributed by atoms with van der Waals surface area (Å²) in [7, 11) is 0. The first-order valence-electron chi connectivity index (χ1n) is 6.17. The van der Waals surface area contributed by atoms with Crippen molar-refractivity contribution in [1.29, 1.82) is 0 Å². The summed E-state index contributed by atoms with van der Waals surface area (Å²) in [5.41, 5.74) is 1.58. The fourth-order valence-electron chi connectivity index (χ4n) is 2.24. The van der Waals surface area contributed by atoms with Crippen LogP contribution >= 0.6 is 15.9 Å². The van der Waals surface area contributed by atoms with Crippen LogP contribution in [0.25, 0.3) is 0 Å². The molecular formula is C13H17BrN2O2. The highest BCUT2D eigenvalue weighted by atomic mass is 79.9. The smallest absolute Gasteiger partial charge is 0.230 e. The number of anilines is 1. The molecule has 1 aliphatic heterocycles. The minimum atomic E-state index is -0.0435. The largest absolute Gasteiger partial charge is 0.377 e. The SMILES string of the molecule is CCC1OCCC1C(=O)Nc1ccc(Br)nc1C. The Morgan fingerprint density at radius 2 is 2.39 bits per heavy atom. The zero-order valence-electron chi connectivity index (χ0n) is 10.6. The van der Waals surface area contributed by atoms with Crippen molar-refractivity contribution in [1.82, 2.24) is 4.98 Å². The second kappa shape index (κ2) is 5.80. The first-order chi connectivity index (χ1) is 8.61. The van der Waals surface area contributed by atoms with E-state index in [0.29, 0.717) is 6.61 Å². The van der Waals surface area contributed by atoms with E-state index in [0.717, 1.165) is 28.8 Å². The van der Waals surface area contributed by atoms with Crippen LogP contribution in [0.1, 0.15) is 25.5 Å². The van der Waals surface area contributed by atoms with Gasteiger partial charge in [-0.25, -0.2) is 4.98 Å². The Kier molecular flexibility index (Phi) is 4.35. The Bertz CT molecular complexity index is 451. The topological polar surface area (TPSA) is 51.2 Å². The van der Waals surface area contributed by atoms with Gasteiger partial charge in [0, 0.05) is 6.61 Å². The van der Waals surface area contributed by atoms with Crippen LogP contribution in [0.15, 0.2) is 16.7 Å². The lowest BCUT2D eigenvalue weighted by molar-refractivity contribution is -0.121. The summed E-state index contributed by atoms with van der Waals surface area (Å²) in [5, 5.41) is 2.94. The van der Waals surface area contributed by atoms with E-state index >= 15 is 0 Å². The van der Waals surface area contributed by atoms with Crippen molar-refractivity contribution < 1.29 is 9.53 Å². The van der Waals surface area contributed by atoms with E-state index in [1.807, 2.05) is 26.0 Å². The highest BCUT2D eigenvalue weighted by Gasteiger charge is 2.32. The van der Waals surface area contributed by atoms with Gasteiger partial charge < -0.3 is 10.1 Å². The number of hydrogen-bond acceptors (Lipinski definition) is 3. The van der Waals surface area contributed by atoms with Gasteiger partial charge in [-0.15, -0.1) is 0 Å². The number of nitrogens with zero attached hydrogens (tertiary/aromatic N) is 1. The van der Waals surface area contributed by atoms with Crippen molar-refractivity contribution in [3.8, 4) is 0 Å². The summed E-state index contributed by atoms with van der Waals surface area (Å²) in [6, 6.07) is 3.69. The van der Waals surface area contributed by atoms with Gasteiger partial charge in [-0.2, -0.15) is 0 Å². The molecule has 1 saturated heterocycles. The first kappa shape index (κ1) is 13.5. The monoisotopic (exact) mass is 312 g/mol. The zero-order chi connectivity index (χ0) is 13.1. The lowest BCUT2D eigenvalue weighted by Gasteiger charge is -2.17. The van der Waals surface area contributed by atoms with Crippen molar-refractivity contribution in [2.45, 2.75) is 32.8 Å². The van der Waals surface area contributed by atoms with E-state index in [4.69, 9.17) is 4.74 Å². The van der Waals surface area contributed by atoms with Gasteiger partial charge >= 0.3 is 0 Å². The van der Waals surface area contributed by atoms with Gasteiger partial charge in [0.1, 0.15) is 4.60 Å². The number of amides is 1. The normalized spacial score (nSPS) is 23.1. The quantitative estimate of drug-likeness (QED) is 0.873. The van der Waals surface area contributed by atoms with Crippen LogP contribution in [0.4, 0.5) is 5.69 Å². The third-order valence-corrected chi connectivity index (χ3v) is 3.70. The molecule has 1 fully saturated rings. The molecule has 0 spiro atoms. The Labute approximate surface area is 115 Å². The molecule has 2 heterocycles. The maximum absolute atomic E-state index is 12.2. The van der Waals surface area contributed by atoms with Crippen LogP contribution in [0.2, 0.25) is 0 Å². The summed E-state index contributed by atoms with van der Waals surface area (Å²) >= 11 is 3.31. The summed E-state index contributed by atoms with van der Waals surface area (Å²) in [6.45, 7) is 4.60. The Morgan fingerprint density at radius 1 is 1.61 bits per heavy atom. The lowest BCUT2D eigenvalue weighted by atomic mass is 9.98. The lowest BCUT2D eigenvalue weighted by Crippen LogP contribution is -2.29. The van der Waals surface area contributed by atoms with Crippen LogP contribution < -0.4 is 5.32 Å².